The SMILES string of the molecule is OCC1(NCc2cc(Cl)ccc2Br)CCCC1. The van der Waals surface area contributed by atoms with E-state index in [0.717, 1.165) is 34.4 Å². The van der Waals surface area contributed by atoms with Crippen LogP contribution in [0.3, 0.4) is 0 Å². The van der Waals surface area contributed by atoms with Crippen LogP contribution in [0.5, 0.6) is 0 Å². The van der Waals surface area contributed by atoms with E-state index >= 15 is 0 Å². The number of benzene rings is 1. The summed E-state index contributed by atoms with van der Waals surface area (Å²) in [6, 6.07) is 5.78. The van der Waals surface area contributed by atoms with E-state index in [1.807, 2.05) is 18.2 Å². The fraction of sp³-hybridized carbons (Fsp3) is 0.538. The van der Waals surface area contributed by atoms with Crippen molar-refractivity contribution in [1.29, 1.82) is 0 Å². The second-order valence-electron chi connectivity index (χ2n) is 4.73. The molecule has 2 nitrogen and oxygen atoms in total. The molecule has 1 aliphatic carbocycles. The minimum Gasteiger partial charge on any atom is -0.394 e. The maximum atomic E-state index is 9.52. The van der Waals surface area contributed by atoms with Gasteiger partial charge < -0.3 is 10.4 Å². The third kappa shape index (κ3) is 3.22. The molecule has 0 aliphatic heterocycles. The first-order valence-corrected chi connectivity index (χ1v) is 7.12. The van der Waals surface area contributed by atoms with Gasteiger partial charge >= 0.3 is 0 Å². The number of rotatable bonds is 4. The molecule has 4 heteroatoms. The Labute approximate surface area is 115 Å². The lowest BCUT2D eigenvalue weighted by atomic mass is 9.98. The van der Waals surface area contributed by atoms with Crippen LogP contribution >= 0.6 is 27.5 Å². The van der Waals surface area contributed by atoms with Gasteiger partial charge in [-0.1, -0.05) is 40.4 Å². The fourth-order valence-electron chi connectivity index (χ4n) is 2.40. The van der Waals surface area contributed by atoms with Gasteiger partial charge in [0.2, 0.25) is 0 Å². The second kappa shape index (κ2) is 5.70. The Morgan fingerprint density at radius 1 is 1.35 bits per heavy atom. The van der Waals surface area contributed by atoms with Crippen molar-refractivity contribution in [3.05, 3.63) is 33.3 Å². The molecule has 0 bridgehead atoms. The van der Waals surface area contributed by atoms with E-state index in [2.05, 4.69) is 21.2 Å². The Morgan fingerprint density at radius 3 is 2.71 bits per heavy atom. The summed E-state index contributed by atoms with van der Waals surface area (Å²) in [6.07, 6.45) is 4.51. The van der Waals surface area contributed by atoms with Crippen molar-refractivity contribution in [2.75, 3.05) is 6.61 Å². The van der Waals surface area contributed by atoms with Gasteiger partial charge in [-0.3, -0.25) is 0 Å². The summed E-state index contributed by atoms with van der Waals surface area (Å²) in [5.41, 5.74) is 1.05. The van der Waals surface area contributed by atoms with Crippen LogP contribution in [0, 0.1) is 0 Å². The monoisotopic (exact) mass is 317 g/mol. The number of hydrogen-bond acceptors (Lipinski definition) is 2. The van der Waals surface area contributed by atoms with Crippen LogP contribution in [-0.4, -0.2) is 17.3 Å². The molecular weight excluding hydrogens is 302 g/mol. The van der Waals surface area contributed by atoms with Crippen molar-refractivity contribution in [2.45, 2.75) is 37.8 Å². The predicted octanol–water partition coefficient (Wildman–Crippen LogP) is 3.50. The molecule has 1 aliphatic rings. The van der Waals surface area contributed by atoms with E-state index in [4.69, 9.17) is 11.6 Å². The second-order valence-corrected chi connectivity index (χ2v) is 6.03. The van der Waals surface area contributed by atoms with Crippen molar-refractivity contribution in [1.82, 2.24) is 5.32 Å². The van der Waals surface area contributed by atoms with E-state index in [-0.39, 0.29) is 12.1 Å². The molecule has 0 spiro atoms. The molecule has 1 saturated carbocycles. The minimum atomic E-state index is -0.0816. The Hall–Kier alpha value is -0.0900. The highest BCUT2D eigenvalue weighted by Gasteiger charge is 2.32. The number of aliphatic hydroxyl groups excluding tert-OH is 1. The summed E-state index contributed by atoms with van der Waals surface area (Å²) in [5.74, 6) is 0. The summed E-state index contributed by atoms with van der Waals surface area (Å²) in [6.45, 7) is 0.951. The zero-order chi connectivity index (χ0) is 12.3. The van der Waals surface area contributed by atoms with Crippen molar-refractivity contribution >= 4 is 27.5 Å². The van der Waals surface area contributed by atoms with Gasteiger partial charge in [0, 0.05) is 21.6 Å². The van der Waals surface area contributed by atoms with Crippen molar-refractivity contribution in [3.63, 3.8) is 0 Å². The molecule has 2 rings (SSSR count). The van der Waals surface area contributed by atoms with Crippen LogP contribution in [0.25, 0.3) is 0 Å². The minimum absolute atomic E-state index is 0.0816. The van der Waals surface area contributed by atoms with E-state index in [9.17, 15) is 5.11 Å². The molecule has 0 aromatic heterocycles. The first-order valence-electron chi connectivity index (χ1n) is 5.95. The lowest BCUT2D eigenvalue weighted by Gasteiger charge is -2.28. The lowest BCUT2D eigenvalue weighted by Crippen LogP contribution is -2.45. The van der Waals surface area contributed by atoms with E-state index in [0.29, 0.717) is 0 Å². The highest BCUT2D eigenvalue weighted by atomic mass is 79.9. The maximum Gasteiger partial charge on any atom is 0.0613 e. The van der Waals surface area contributed by atoms with Crippen molar-refractivity contribution in [2.24, 2.45) is 0 Å². The van der Waals surface area contributed by atoms with Crippen LogP contribution in [0.1, 0.15) is 31.2 Å². The Kier molecular flexibility index (Phi) is 4.47. The Morgan fingerprint density at radius 2 is 2.06 bits per heavy atom. The van der Waals surface area contributed by atoms with Gasteiger partial charge in [-0.25, -0.2) is 0 Å². The van der Waals surface area contributed by atoms with Gasteiger partial charge in [0.15, 0.2) is 0 Å². The van der Waals surface area contributed by atoms with Gasteiger partial charge in [-0.2, -0.15) is 0 Å². The molecule has 1 fully saturated rings. The van der Waals surface area contributed by atoms with Crippen molar-refractivity contribution in [3.8, 4) is 0 Å². The maximum absolute atomic E-state index is 9.52. The van der Waals surface area contributed by atoms with Gasteiger partial charge in [0.1, 0.15) is 0 Å². The zero-order valence-electron chi connectivity index (χ0n) is 9.68. The summed E-state index contributed by atoms with van der Waals surface area (Å²) in [4.78, 5) is 0. The fourth-order valence-corrected chi connectivity index (χ4v) is 2.99. The van der Waals surface area contributed by atoms with E-state index in [1.165, 1.54) is 12.8 Å². The third-order valence-corrected chi connectivity index (χ3v) is 4.53. The quantitative estimate of drug-likeness (QED) is 0.890. The van der Waals surface area contributed by atoms with Crippen LogP contribution in [0.4, 0.5) is 0 Å². The van der Waals surface area contributed by atoms with E-state index in [1.54, 1.807) is 0 Å². The summed E-state index contributed by atoms with van der Waals surface area (Å²) in [7, 11) is 0. The average molecular weight is 319 g/mol. The van der Waals surface area contributed by atoms with Crippen LogP contribution in [0.2, 0.25) is 5.02 Å². The summed E-state index contributed by atoms with van der Waals surface area (Å²) < 4.78 is 1.06. The molecule has 17 heavy (non-hydrogen) atoms. The first kappa shape index (κ1) is 13.3. The van der Waals surface area contributed by atoms with Gasteiger partial charge in [0.05, 0.1) is 6.61 Å². The Balaban J connectivity index is 2.03. The summed E-state index contributed by atoms with van der Waals surface area (Å²) >= 11 is 9.50. The highest BCUT2D eigenvalue weighted by Crippen LogP contribution is 2.30. The number of halogens is 2. The molecule has 2 N–H and O–H groups in total. The summed E-state index contributed by atoms with van der Waals surface area (Å²) in [5, 5.41) is 13.8. The smallest absolute Gasteiger partial charge is 0.0613 e. The zero-order valence-corrected chi connectivity index (χ0v) is 12.0. The molecule has 0 unspecified atom stereocenters. The average Bonchev–Trinajstić information content (AvgIpc) is 2.80. The third-order valence-electron chi connectivity index (χ3n) is 3.52. The van der Waals surface area contributed by atoms with Crippen molar-refractivity contribution < 1.29 is 5.11 Å². The lowest BCUT2D eigenvalue weighted by molar-refractivity contribution is 0.163. The number of hydrogen-bond donors (Lipinski definition) is 2. The topological polar surface area (TPSA) is 32.3 Å². The normalized spacial score (nSPS) is 18.5. The van der Waals surface area contributed by atoms with Crippen LogP contribution in [0.15, 0.2) is 22.7 Å². The van der Waals surface area contributed by atoms with Crippen LogP contribution < -0.4 is 5.32 Å². The first-order chi connectivity index (χ1) is 8.15. The number of nitrogens with one attached hydrogen (secondary N) is 1. The van der Waals surface area contributed by atoms with Gasteiger partial charge in [0.25, 0.3) is 0 Å². The largest absolute Gasteiger partial charge is 0.394 e. The van der Waals surface area contributed by atoms with Gasteiger partial charge in [-0.05, 0) is 36.6 Å². The predicted molar refractivity (Wildman–Crippen MR) is 74.3 cm³/mol. The molecule has 94 valence electrons. The Bertz CT molecular complexity index is 391. The standard InChI is InChI=1S/C13H17BrClNO/c14-12-4-3-11(15)7-10(12)8-16-13(9-17)5-1-2-6-13/h3-4,7,16-17H,1-2,5-6,8-9H2. The molecule has 0 atom stereocenters. The molecule has 1 aromatic carbocycles. The van der Waals surface area contributed by atoms with Crippen LogP contribution in [-0.2, 0) is 6.54 Å². The molecule has 0 amide bonds. The van der Waals surface area contributed by atoms with E-state index < -0.39 is 0 Å². The molecular formula is C13H17BrClNO. The molecule has 0 heterocycles. The molecule has 1 aromatic rings. The number of aliphatic hydroxyl groups is 1. The molecule has 0 radical (unpaired) electrons. The highest BCUT2D eigenvalue weighted by molar-refractivity contribution is 9.10. The van der Waals surface area contributed by atoms with Gasteiger partial charge in [-0.15, -0.1) is 0 Å². The molecule has 0 saturated heterocycles.